The lowest BCUT2D eigenvalue weighted by Crippen LogP contribution is -2.37. The summed E-state index contributed by atoms with van der Waals surface area (Å²) in [7, 11) is 0. The number of hydrogen-bond donors (Lipinski definition) is 0. The lowest BCUT2D eigenvalue weighted by atomic mass is 10.2. The molecule has 0 spiro atoms. The number of carbonyl (C=O) groups is 1. The Morgan fingerprint density at radius 3 is 2.44 bits per heavy atom. The zero-order valence-electron chi connectivity index (χ0n) is 10.4. The number of rotatable bonds is 4. The number of aryl methyl sites for hydroxylation is 1. The number of esters is 1. The summed E-state index contributed by atoms with van der Waals surface area (Å²) < 4.78 is 7.01. The highest BCUT2D eigenvalue weighted by molar-refractivity contribution is 5.67. The third-order valence-electron chi connectivity index (χ3n) is 2.61. The van der Waals surface area contributed by atoms with Crippen molar-refractivity contribution in [3.63, 3.8) is 0 Å². The third-order valence-corrected chi connectivity index (χ3v) is 2.61. The largest absolute Gasteiger partial charge is 0.456 e. The first-order chi connectivity index (χ1) is 8.74. The van der Waals surface area contributed by atoms with E-state index in [0.29, 0.717) is 6.61 Å². The number of carbonyl (C=O) groups excluding carboxylic acids is 1. The topological polar surface area (TPSA) is 30.2 Å². The summed E-state index contributed by atoms with van der Waals surface area (Å²) in [5.74, 6) is -0.229. The zero-order valence-corrected chi connectivity index (χ0v) is 10.4. The summed E-state index contributed by atoms with van der Waals surface area (Å²) in [6.45, 7) is 2.58. The van der Waals surface area contributed by atoms with Gasteiger partial charge in [-0.15, -0.1) is 0 Å². The Balaban J connectivity index is 1.84. The van der Waals surface area contributed by atoms with E-state index in [4.69, 9.17) is 4.74 Å². The standard InChI is InChI=1S/C15H16NO2/c1-13-7-9-16(10-8-13)11-15(17)18-12-14-5-3-2-4-6-14/h2-10H,11-12H2,1H3/q+1. The molecule has 0 atom stereocenters. The summed E-state index contributed by atoms with van der Waals surface area (Å²) in [6.07, 6.45) is 3.75. The average Bonchev–Trinajstić information content (AvgIpc) is 2.40. The predicted octanol–water partition coefficient (Wildman–Crippen LogP) is 2.03. The first-order valence-corrected chi connectivity index (χ1v) is 5.89. The lowest BCUT2D eigenvalue weighted by molar-refractivity contribution is -0.686. The number of benzene rings is 1. The number of hydrogen-bond acceptors (Lipinski definition) is 2. The lowest BCUT2D eigenvalue weighted by Gasteiger charge is -2.02. The fourth-order valence-electron chi connectivity index (χ4n) is 1.57. The summed E-state index contributed by atoms with van der Waals surface area (Å²) in [5.41, 5.74) is 2.17. The molecule has 0 aliphatic heterocycles. The molecule has 0 bridgehead atoms. The van der Waals surface area contributed by atoms with E-state index in [2.05, 4.69) is 0 Å². The van der Waals surface area contributed by atoms with Crippen LogP contribution < -0.4 is 4.57 Å². The van der Waals surface area contributed by atoms with E-state index in [1.54, 1.807) is 4.57 Å². The minimum atomic E-state index is -0.229. The summed E-state index contributed by atoms with van der Waals surface area (Å²) in [6, 6.07) is 13.6. The molecule has 0 saturated heterocycles. The monoisotopic (exact) mass is 242 g/mol. The van der Waals surface area contributed by atoms with Crippen LogP contribution in [0.2, 0.25) is 0 Å². The first kappa shape index (κ1) is 12.3. The van der Waals surface area contributed by atoms with Crippen LogP contribution in [-0.2, 0) is 22.7 Å². The van der Waals surface area contributed by atoms with Crippen molar-refractivity contribution in [1.82, 2.24) is 0 Å². The fourth-order valence-corrected chi connectivity index (χ4v) is 1.57. The molecule has 92 valence electrons. The number of nitrogens with zero attached hydrogens (tertiary/aromatic N) is 1. The second kappa shape index (κ2) is 5.96. The van der Waals surface area contributed by atoms with Crippen LogP contribution in [0.25, 0.3) is 0 Å². The van der Waals surface area contributed by atoms with E-state index in [1.165, 1.54) is 5.56 Å². The van der Waals surface area contributed by atoms with Gasteiger partial charge in [0.15, 0.2) is 12.4 Å². The molecule has 1 aromatic heterocycles. The average molecular weight is 242 g/mol. The molecule has 0 amide bonds. The molecule has 1 heterocycles. The number of aromatic nitrogens is 1. The van der Waals surface area contributed by atoms with Crippen LogP contribution in [0, 0.1) is 6.92 Å². The van der Waals surface area contributed by atoms with E-state index < -0.39 is 0 Å². The van der Waals surface area contributed by atoms with Crippen molar-refractivity contribution in [3.05, 3.63) is 66.0 Å². The van der Waals surface area contributed by atoms with Gasteiger partial charge in [-0.2, -0.15) is 4.57 Å². The Hall–Kier alpha value is -2.16. The van der Waals surface area contributed by atoms with Gasteiger partial charge < -0.3 is 4.74 Å². The van der Waals surface area contributed by atoms with Crippen LogP contribution in [0.15, 0.2) is 54.9 Å². The molecule has 1 aromatic carbocycles. The molecule has 0 aliphatic rings. The van der Waals surface area contributed by atoms with Crippen molar-refractivity contribution < 1.29 is 14.1 Å². The SMILES string of the molecule is Cc1cc[n+](CC(=O)OCc2ccccc2)cc1. The highest BCUT2D eigenvalue weighted by Gasteiger charge is 2.10. The first-order valence-electron chi connectivity index (χ1n) is 5.89. The van der Waals surface area contributed by atoms with Gasteiger partial charge in [0.05, 0.1) is 0 Å². The second-order valence-corrected chi connectivity index (χ2v) is 4.19. The molecular formula is C15H16NO2+. The molecule has 18 heavy (non-hydrogen) atoms. The molecule has 0 unspecified atom stereocenters. The van der Waals surface area contributed by atoms with Gasteiger partial charge in [-0.3, -0.25) is 0 Å². The van der Waals surface area contributed by atoms with Gasteiger partial charge in [-0.1, -0.05) is 30.3 Å². The Morgan fingerprint density at radius 2 is 1.78 bits per heavy atom. The smallest absolute Gasteiger partial charge is 0.373 e. The van der Waals surface area contributed by atoms with Gasteiger partial charge in [0, 0.05) is 12.1 Å². The van der Waals surface area contributed by atoms with Gasteiger partial charge in [0.1, 0.15) is 6.61 Å². The molecular weight excluding hydrogens is 226 g/mol. The fraction of sp³-hybridized carbons (Fsp3) is 0.200. The Bertz CT molecular complexity index is 506. The number of pyridine rings is 1. The van der Waals surface area contributed by atoms with E-state index >= 15 is 0 Å². The van der Waals surface area contributed by atoms with E-state index in [-0.39, 0.29) is 12.5 Å². The van der Waals surface area contributed by atoms with Crippen LogP contribution in [0.3, 0.4) is 0 Å². The van der Waals surface area contributed by atoms with Gasteiger partial charge in [-0.25, -0.2) is 4.79 Å². The van der Waals surface area contributed by atoms with Gasteiger partial charge in [0.25, 0.3) is 0 Å². The summed E-state index contributed by atoms with van der Waals surface area (Å²) >= 11 is 0. The van der Waals surface area contributed by atoms with Crippen LogP contribution in [0.5, 0.6) is 0 Å². The van der Waals surface area contributed by atoms with Gasteiger partial charge >= 0.3 is 5.97 Å². The Morgan fingerprint density at radius 1 is 1.11 bits per heavy atom. The maximum Gasteiger partial charge on any atom is 0.373 e. The molecule has 0 fully saturated rings. The summed E-state index contributed by atoms with van der Waals surface area (Å²) in [5, 5.41) is 0. The molecule has 0 aliphatic carbocycles. The molecule has 2 rings (SSSR count). The van der Waals surface area contributed by atoms with E-state index in [0.717, 1.165) is 5.56 Å². The quantitative estimate of drug-likeness (QED) is 0.606. The van der Waals surface area contributed by atoms with E-state index in [1.807, 2.05) is 61.8 Å². The summed E-state index contributed by atoms with van der Waals surface area (Å²) in [4.78, 5) is 11.6. The second-order valence-electron chi connectivity index (χ2n) is 4.19. The Kier molecular flexibility index (Phi) is 4.07. The van der Waals surface area contributed by atoms with Crippen molar-refractivity contribution >= 4 is 5.97 Å². The molecule has 3 nitrogen and oxygen atoms in total. The van der Waals surface area contributed by atoms with Crippen LogP contribution in [-0.4, -0.2) is 5.97 Å². The molecule has 0 N–H and O–H groups in total. The highest BCUT2D eigenvalue weighted by Crippen LogP contribution is 2.00. The predicted molar refractivity (Wildman–Crippen MR) is 67.6 cm³/mol. The maximum absolute atomic E-state index is 11.6. The van der Waals surface area contributed by atoms with E-state index in [9.17, 15) is 4.79 Å². The van der Waals surface area contributed by atoms with Crippen molar-refractivity contribution in [3.8, 4) is 0 Å². The Labute approximate surface area is 107 Å². The normalized spacial score (nSPS) is 10.1. The maximum atomic E-state index is 11.6. The third kappa shape index (κ3) is 3.70. The number of ether oxygens (including phenoxy) is 1. The van der Waals surface area contributed by atoms with Crippen molar-refractivity contribution in [1.29, 1.82) is 0 Å². The molecule has 3 heteroatoms. The van der Waals surface area contributed by atoms with Crippen LogP contribution in [0.4, 0.5) is 0 Å². The molecule has 0 saturated carbocycles. The van der Waals surface area contributed by atoms with Gasteiger partial charge in [-0.05, 0) is 18.1 Å². The minimum absolute atomic E-state index is 0.229. The minimum Gasteiger partial charge on any atom is -0.456 e. The van der Waals surface area contributed by atoms with Crippen LogP contribution in [0.1, 0.15) is 11.1 Å². The van der Waals surface area contributed by atoms with Crippen LogP contribution >= 0.6 is 0 Å². The van der Waals surface area contributed by atoms with Crippen molar-refractivity contribution in [2.24, 2.45) is 0 Å². The molecule has 2 aromatic rings. The highest BCUT2D eigenvalue weighted by atomic mass is 16.5. The van der Waals surface area contributed by atoms with Gasteiger partial charge in [0.2, 0.25) is 6.54 Å². The zero-order chi connectivity index (χ0) is 12.8. The van der Waals surface area contributed by atoms with Crippen molar-refractivity contribution in [2.45, 2.75) is 20.1 Å². The molecule has 0 radical (unpaired) electrons. The van der Waals surface area contributed by atoms with Crippen molar-refractivity contribution in [2.75, 3.05) is 0 Å².